The number of fused-ring (bicyclic) bond motifs is 1. The van der Waals surface area contributed by atoms with Crippen LogP contribution in [0, 0.1) is 0 Å². The summed E-state index contributed by atoms with van der Waals surface area (Å²) in [6.07, 6.45) is 9.13. The highest BCUT2D eigenvalue weighted by molar-refractivity contribution is 7.16. The fourth-order valence-electron chi connectivity index (χ4n) is 2.88. The van der Waals surface area contributed by atoms with E-state index in [4.69, 9.17) is 5.10 Å². The van der Waals surface area contributed by atoms with E-state index in [0.717, 1.165) is 28.4 Å². The molecule has 4 rings (SSSR count). The molecular formula is C13H19N5S. The van der Waals surface area contributed by atoms with Gasteiger partial charge in [-0.1, -0.05) is 30.6 Å². The Morgan fingerprint density at radius 2 is 1.95 bits per heavy atom. The van der Waals surface area contributed by atoms with Gasteiger partial charge in [-0.25, -0.2) is 0 Å². The van der Waals surface area contributed by atoms with Gasteiger partial charge < -0.3 is 5.32 Å². The summed E-state index contributed by atoms with van der Waals surface area (Å²) in [7, 11) is 0. The molecule has 2 saturated carbocycles. The van der Waals surface area contributed by atoms with Crippen LogP contribution in [-0.4, -0.2) is 25.9 Å². The summed E-state index contributed by atoms with van der Waals surface area (Å²) in [6, 6.07) is 0.729. The van der Waals surface area contributed by atoms with E-state index in [-0.39, 0.29) is 0 Å². The lowest BCUT2D eigenvalue weighted by Gasteiger charge is -2.18. The van der Waals surface area contributed by atoms with Crippen LogP contribution >= 0.6 is 11.3 Å². The van der Waals surface area contributed by atoms with Crippen molar-refractivity contribution in [3.05, 3.63) is 10.8 Å². The zero-order chi connectivity index (χ0) is 12.7. The maximum Gasteiger partial charge on any atom is 0.234 e. The van der Waals surface area contributed by atoms with Crippen LogP contribution in [0.4, 0.5) is 0 Å². The van der Waals surface area contributed by atoms with Crippen LogP contribution in [0.1, 0.15) is 61.7 Å². The highest BCUT2D eigenvalue weighted by Gasteiger charge is 2.24. The minimum atomic E-state index is 0.565. The van der Waals surface area contributed by atoms with E-state index in [0.29, 0.717) is 5.92 Å². The molecule has 19 heavy (non-hydrogen) atoms. The van der Waals surface area contributed by atoms with E-state index in [1.807, 2.05) is 4.52 Å². The van der Waals surface area contributed by atoms with Crippen molar-refractivity contribution in [2.75, 3.05) is 0 Å². The first kappa shape index (κ1) is 11.8. The van der Waals surface area contributed by atoms with Gasteiger partial charge in [0.25, 0.3) is 0 Å². The first-order valence-corrected chi connectivity index (χ1v) is 8.16. The molecule has 102 valence electrons. The lowest BCUT2D eigenvalue weighted by atomic mass is 9.89. The Labute approximate surface area is 116 Å². The molecule has 2 aliphatic rings. The highest BCUT2D eigenvalue weighted by Crippen LogP contribution is 2.32. The Morgan fingerprint density at radius 1 is 1.11 bits per heavy atom. The Kier molecular flexibility index (Phi) is 3.00. The van der Waals surface area contributed by atoms with Crippen LogP contribution in [0.25, 0.3) is 4.96 Å². The molecule has 2 aliphatic carbocycles. The van der Waals surface area contributed by atoms with Crippen LogP contribution < -0.4 is 5.32 Å². The van der Waals surface area contributed by atoms with E-state index in [1.54, 1.807) is 11.3 Å². The molecule has 5 nitrogen and oxygen atoms in total. The monoisotopic (exact) mass is 277 g/mol. The van der Waals surface area contributed by atoms with Gasteiger partial charge >= 0.3 is 0 Å². The van der Waals surface area contributed by atoms with E-state index in [2.05, 4.69) is 15.5 Å². The van der Waals surface area contributed by atoms with E-state index in [9.17, 15) is 0 Å². The molecule has 2 aromatic heterocycles. The number of nitrogens with one attached hydrogen (secondary N) is 1. The summed E-state index contributed by atoms with van der Waals surface area (Å²) < 4.78 is 1.99. The average molecular weight is 277 g/mol. The number of aromatic nitrogens is 4. The van der Waals surface area contributed by atoms with Crippen molar-refractivity contribution in [3.63, 3.8) is 0 Å². The summed E-state index contributed by atoms with van der Waals surface area (Å²) in [6.45, 7) is 0.878. The highest BCUT2D eigenvalue weighted by atomic mass is 32.1. The van der Waals surface area contributed by atoms with Crippen molar-refractivity contribution >= 4 is 16.3 Å². The largest absolute Gasteiger partial charge is 0.308 e. The third-order valence-corrected chi connectivity index (χ3v) is 5.05. The Morgan fingerprint density at radius 3 is 2.74 bits per heavy atom. The van der Waals surface area contributed by atoms with Crippen LogP contribution in [0.15, 0.2) is 0 Å². The maximum atomic E-state index is 4.70. The van der Waals surface area contributed by atoms with Gasteiger partial charge in [0.15, 0.2) is 5.82 Å². The second-order valence-corrected chi connectivity index (χ2v) is 6.78. The number of nitrogens with zero attached hydrogens (tertiary/aromatic N) is 4. The number of hydrogen-bond acceptors (Lipinski definition) is 5. The van der Waals surface area contributed by atoms with Gasteiger partial charge in [0.2, 0.25) is 4.96 Å². The summed E-state index contributed by atoms with van der Waals surface area (Å²) in [5, 5.41) is 18.0. The second-order valence-electron chi connectivity index (χ2n) is 5.74. The predicted molar refractivity (Wildman–Crippen MR) is 74.3 cm³/mol. The first-order chi connectivity index (χ1) is 9.40. The van der Waals surface area contributed by atoms with Gasteiger partial charge in [0, 0.05) is 18.5 Å². The molecule has 0 saturated heterocycles. The smallest absolute Gasteiger partial charge is 0.234 e. The quantitative estimate of drug-likeness (QED) is 0.933. The molecule has 1 N–H and O–H groups in total. The van der Waals surface area contributed by atoms with Crippen LogP contribution in [-0.2, 0) is 6.54 Å². The fraction of sp³-hybridized carbons (Fsp3) is 0.769. The third kappa shape index (κ3) is 2.39. The van der Waals surface area contributed by atoms with E-state index in [1.165, 1.54) is 44.9 Å². The van der Waals surface area contributed by atoms with Gasteiger partial charge in [-0.2, -0.15) is 9.61 Å². The molecule has 0 atom stereocenters. The molecule has 0 bridgehead atoms. The van der Waals surface area contributed by atoms with Gasteiger partial charge in [-0.05, 0) is 25.7 Å². The van der Waals surface area contributed by atoms with Crippen LogP contribution in [0.2, 0.25) is 0 Å². The lowest BCUT2D eigenvalue weighted by molar-refractivity contribution is 0.422. The van der Waals surface area contributed by atoms with Crippen molar-refractivity contribution in [3.8, 4) is 0 Å². The standard InChI is InChI=1S/C13H19N5S/c1-2-4-9(5-3-1)12-15-16-13-18(12)17-11(19-13)8-14-10-6-7-10/h9-10,14H,1-8H2. The maximum absolute atomic E-state index is 4.70. The van der Waals surface area contributed by atoms with Gasteiger partial charge in [-0.15, -0.1) is 10.2 Å². The summed E-state index contributed by atoms with van der Waals surface area (Å²) in [5.41, 5.74) is 0. The van der Waals surface area contributed by atoms with E-state index >= 15 is 0 Å². The van der Waals surface area contributed by atoms with Crippen LogP contribution in [0.5, 0.6) is 0 Å². The molecule has 0 aliphatic heterocycles. The molecule has 0 amide bonds. The molecule has 6 heteroatoms. The molecule has 2 fully saturated rings. The summed E-state index contributed by atoms with van der Waals surface area (Å²) in [5.74, 6) is 1.65. The molecular weight excluding hydrogens is 258 g/mol. The second kappa shape index (κ2) is 4.83. The van der Waals surface area contributed by atoms with Crippen molar-refractivity contribution < 1.29 is 0 Å². The van der Waals surface area contributed by atoms with Crippen molar-refractivity contribution in [1.82, 2.24) is 25.1 Å². The van der Waals surface area contributed by atoms with Gasteiger partial charge in [0.05, 0.1) is 0 Å². The number of rotatable bonds is 4. The van der Waals surface area contributed by atoms with Crippen molar-refractivity contribution in [1.29, 1.82) is 0 Å². The minimum Gasteiger partial charge on any atom is -0.308 e. The van der Waals surface area contributed by atoms with Crippen molar-refractivity contribution in [2.24, 2.45) is 0 Å². The Hall–Kier alpha value is -1.01. The van der Waals surface area contributed by atoms with Crippen LogP contribution in [0.3, 0.4) is 0 Å². The third-order valence-electron chi connectivity index (χ3n) is 4.15. The Bertz CT molecular complexity index is 565. The zero-order valence-corrected chi connectivity index (χ0v) is 11.8. The first-order valence-electron chi connectivity index (χ1n) is 7.34. The predicted octanol–water partition coefficient (Wildman–Crippen LogP) is 2.49. The fourth-order valence-corrected chi connectivity index (χ4v) is 3.67. The average Bonchev–Trinajstić information content (AvgIpc) is 3.06. The minimum absolute atomic E-state index is 0.565. The zero-order valence-electron chi connectivity index (χ0n) is 11.0. The molecule has 2 aromatic rings. The normalized spacial score (nSPS) is 21.3. The number of hydrogen-bond donors (Lipinski definition) is 1. The van der Waals surface area contributed by atoms with E-state index < -0.39 is 0 Å². The van der Waals surface area contributed by atoms with Crippen molar-refractivity contribution in [2.45, 2.75) is 63.5 Å². The topological polar surface area (TPSA) is 55.1 Å². The molecule has 0 aromatic carbocycles. The molecule has 0 radical (unpaired) electrons. The Balaban J connectivity index is 1.56. The molecule has 0 unspecified atom stereocenters. The lowest BCUT2D eigenvalue weighted by Crippen LogP contribution is -2.15. The van der Waals surface area contributed by atoms with Gasteiger partial charge in [0.1, 0.15) is 5.01 Å². The summed E-state index contributed by atoms with van der Waals surface area (Å²) in [4.78, 5) is 0.952. The molecule has 2 heterocycles. The molecule has 0 spiro atoms. The SMILES string of the molecule is C1CCC(c2nnc3sc(CNC4CC4)nn23)CC1. The summed E-state index contributed by atoms with van der Waals surface area (Å²) >= 11 is 1.67. The van der Waals surface area contributed by atoms with Gasteiger partial charge in [-0.3, -0.25) is 0 Å².